The van der Waals surface area contributed by atoms with Crippen molar-refractivity contribution >= 4 is 33.4 Å². The number of thioether (sulfide) groups is 1. The molecule has 2 aromatic carbocycles. The number of piperidine rings is 1. The lowest BCUT2D eigenvalue weighted by Gasteiger charge is -2.26. The summed E-state index contributed by atoms with van der Waals surface area (Å²) in [7, 11) is -3.59. The second kappa shape index (κ2) is 9.11. The number of carbonyl (C=O) groups excluding carboxylic acids is 1. The van der Waals surface area contributed by atoms with Crippen LogP contribution < -0.4 is 5.32 Å². The Balaban J connectivity index is 1.88. The van der Waals surface area contributed by atoms with Crippen LogP contribution in [0.4, 0.5) is 5.69 Å². The largest absolute Gasteiger partial charge is 0.321 e. The zero-order valence-electron chi connectivity index (χ0n) is 16.3. The average molecular weight is 419 g/mol. The van der Waals surface area contributed by atoms with Crippen LogP contribution in [0.1, 0.15) is 42.1 Å². The molecule has 1 heterocycles. The number of hydrogen-bond acceptors (Lipinski definition) is 4. The van der Waals surface area contributed by atoms with E-state index in [0.29, 0.717) is 24.2 Å². The predicted molar refractivity (Wildman–Crippen MR) is 115 cm³/mol. The van der Waals surface area contributed by atoms with Crippen molar-refractivity contribution in [2.24, 2.45) is 0 Å². The summed E-state index contributed by atoms with van der Waals surface area (Å²) < 4.78 is 27.7. The van der Waals surface area contributed by atoms with E-state index in [9.17, 15) is 13.2 Å². The lowest BCUT2D eigenvalue weighted by molar-refractivity contribution is 0.102. The second-order valence-electron chi connectivity index (χ2n) is 6.83. The molecule has 0 spiro atoms. The molecule has 150 valence electrons. The van der Waals surface area contributed by atoms with Gasteiger partial charge in [0.25, 0.3) is 5.91 Å². The van der Waals surface area contributed by atoms with E-state index in [4.69, 9.17) is 0 Å². The maximum atomic E-state index is 13.1. The molecule has 1 saturated heterocycles. The zero-order chi connectivity index (χ0) is 20.1. The van der Waals surface area contributed by atoms with Gasteiger partial charge in [0.1, 0.15) is 0 Å². The molecule has 0 radical (unpaired) electrons. The maximum absolute atomic E-state index is 13.1. The first-order chi connectivity index (χ1) is 13.4. The number of anilines is 1. The molecule has 1 aliphatic heterocycles. The minimum absolute atomic E-state index is 0.221. The van der Waals surface area contributed by atoms with Crippen molar-refractivity contribution in [3.05, 3.63) is 53.6 Å². The zero-order valence-corrected chi connectivity index (χ0v) is 17.9. The third-order valence-corrected chi connectivity index (χ3v) is 7.81. The van der Waals surface area contributed by atoms with Gasteiger partial charge in [0, 0.05) is 23.5 Å². The summed E-state index contributed by atoms with van der Waals surface area (Å²) in [5.74, 6) is 0.592. The Bertz CT molecular complexity index is 952. The molecule has 0 unspecified atom stereocenters. The minimum Gasteiger partial charge on any atom is -0.321 e. The highest BCUT2D eigenvalue weighted by atomic mass is 32.2. The van der Waals surface area contributed by atoms with Crippen LogP contribution in [0, 0.1) is 6.92 Å². The molecule has 0 aliphatic carbocycles. The smallest absolute Gasteiger partial charge is 0.255 e. The van der Waals surface area contributed by atoms with Crippen molar-refractivity contribution in [1.29, 1.82) is 0 Å². The Labute approximate surface area is 171 Å². The quantitative estimate of drug-likeness (QED) is 0.700. The summed E-state index contributed by atoms with van der Waals surface area (Å²) in [4.78, 5) is 14.0. The first kappa shape index (κ1) is 20.9. The van der Waals surface area contributed by atoms with E-state index in [1.165, 1.54) is 10.4 Å². The number of carbonyl (C=O) groups is 1. The van der Waals surface area contributed by atoms with E-state index in [1.54, 1.807) is 30.8 Å². The van der Waals surface area contributed by atoms with Crippen molar-refractivity contribution in [2.45, 2.75) is 42.9 Å². The van der Waals surface area contributed by atoms with Crippen molar-refractivity contribution in [1.82, 2.24) is 4.31 Å². The van der Waals surface area contributed by atoms with Gasteiger partial charge in [-0.15, -0.1) is 11.8 Å². The fourth-order valence-corrected chi connectivity index (χ4v) is 5.84. The molecule has 0 atom stereocenters. The number of benzene rings is 2. The molecule has 0 bridgehead atoms. The predicted octanol–water partition coefficient (Wildman–Crippen LogP) is 4.53. The highest BCUT2D eigenvalue weighted by Gasteiger charge is 2.28. The molecular formula is C21H26N2O3S2. The van der Waals surface area contributed by atoms with E-state index >= 15 is 0 Å². The summed E-state index contributed by atoms with van der Waals surface area (Å²) in [6, 6.07) is 12.5. The standard InChI is InChI=1S/C21H26N2O3S2/c1-3-27-19-10-6-5-9-18(19)22-21(24)17-12-11-16(2)20(15-17)28(25,26)23-13-7-4-8-14-23/h5-6,9-12,15H,3-4,7-8,13-14H2,1-2H3,(H,22,24). The van der Waals surface area contributed by atoms with Gasteiger partial charge in [0.05, 0.1) is 10.6 Å². The van der Waals surface area contributed by atoms with E-state index < -0.39 is 10.0 Å². The molecule has 0 saturated carbocycles. The Morgan fingerprint density at radius 1 is 1.11 bits per heavy atom. The van der Waals surface area contributed by atoms with E-state index in [0.717, 1.165) is 35.6 Å². The third-order valence-electron chi connectivity index (χ3n) is 4.82. The fourth-order valence-electron chi connectivity index (χ4n) is 3.31. The van der Waals surface area contributed by atoms with Gasteiger partial charge < -0.3 is 5.32 Å². The molecule has 2 aromatic rings. The van der Waals surface area contributed by atoms with Gasteiger partial charge >= 0.3 is 0 Å². The number of nitrogens with zero attached hydrogens (tertiary/aromatic N) is 1. The van der Waals surface area contributed by atoms with Crippen LogP contribution in [0.25, 0.3) is 0 Å². The van der Waals surface area contributed by atoms with E-state index in [1.807, 2.05) is 24.3 Å². The number of aryl methyl sites for hydroxylation is 1. The highest BCUT2D eigenvalue weighted by Crippen LogP contribution is 2.28. The molecular weight excluding hydrogens is 392 g/mol. The number of hydrogen-bond donors (Lipinski definition) is 1. The molecule has 1 aliphatic rings. The van der Waals surface area contributed by atoms with Crippen molar-refractivity contribution < 1.29 is 13.2 Å². The SMILES string of the molecule is CCSc1ccccc1NC(=O)c1ccc(C)c(S(=O)(=O)N2CCCCC2)c1. The Morgan fingerprint density at radius 3 is 2.54 bits per heavy atom. The van der Waals surface area contributed by atoms with Crippen LogP contribution in [-0.2, 0) is 10.0 Å². The third kappa shape index (κ3) is 4.59. The Hall–Kier alpha value is -1.83. The normalized spacial score (nSPS) is 15.4. The topological polar surface area (TPSA) is 66.5 Å². The number of para-hydroxylation sites is 1. The lowest BCUT2D eigenvalue weighted by Crippen LogP contribution is -2.36. The average Bonchev–Trinajstić information content (AvgIpc) is 2.70. The number of rotatable bonds is 6. The van der Waals surface area contributed by atoms with Gasteiger partial charge in [-0.25, -0.2) is 8.42 Å². The molecule has 3 rings (SSSR count). The fraction of sp³-hybridized carbons (Fsp3) is 0.381. The molecule has 5 nitrogen and oxygen atoms in total. The summed E-state index contributed by atoms with van der Waals surface area (Å²) in [6.07, 6.45) is 2.82. The monoisotopic (exact) mass is 418 g/mol. The van der Waals surface area contributed by atoms with Crippen molar-refractivity contribution in [2.75, 3.05) is 24.2 Å². The van der Waals surface area contributed by atoms with Crippen molar-refractivity contribution in [3.8, 4) is 0 Å². The molecule has 1 N–H and O–H groups in total. The number of nitrogens with one attached hydrogen (secondary N) is 1. The molecule has 1 fully saturated rings. The van der Waals surface area contributed by atoms with Crippen LogP contribution >= 0.6 is 11.8 Å². The molecule has 0 aromatic heterocycles. The van der Waals surface area contributed by atoms with E-state index in [2.05, 4.69) is 12.2 Å². The summed E-state index contributed by atoms with van der Waals surface area (Å²) in [5, 5.41) is 2.92. The molecule has 1 amide bonds. The number of amides is 1. The van der Waals surface area contributed by atoms with Crippen LogP contribution in [-0.4, -0.2) is 37.5 Å². The second-order valence-corrected chi connectivity index (χ2v) is 10.0. The first-order valence-electron chi connectivity index (χ1n) is 9.57. The molecule has 7 heteroatoms. The van der Waals surface area contributed by atoms with Gasteiger partial charge in [0.15, 0.2) is 0 Å². The van der Waals surface area contributed by atoms with Crippen LogP contribution in [0.3, 0.4) is 0 Å². The summed E-state index contributed by atoms with van der Waals surface area (Å²) in [5.41, 5.74) is 1.74. The number of sulfonamides is 1. The van der Waals surface area contributed by atoms with Crippen molar-refractivity contribution in [3.63, 3.8) is 0 Å². The summed E-state index contributed by atoms with van der Waals surface area (Å²) >= 11 is 1.65. The van der Waals surface area contributed by atoms with Gasteiger partial charge in [-0.2, -0.15) is 4.31 Å². The Morgan fingerprint density at radius 2 is 1.82 bits per heavy atom. The van der Waals surface area contributed by atoms with Gasteiger partial charge in [-0.3, -0.25) is 4.79 Å². The lowest BCUT2D eigenvalue weighted by atomic mass is 10.1. The van der Waals surface area contributed by atoms with Crippen LogP contribution in [0.15, 0.2) is 52.3 Å². The Kier molecular flexibility index (Phi) is 6.80. The van der Waals surface area contributed by atoms with Crippen LogP contribution in [0.5, 0.6) is 0 Å². The highest BCUT2D eigenvalue weighted by molar-refractivity contribution is 7.99. The van der Waals surface area contributed by atoms with E-state index in [-0.39, 0.29) is 10.8 Å². The van der Waals surface area contributed by atoms with Gasteiger partial charge in [0.2, 0.25) is 10.0 Å². The van der Waals surface area contributed by atoms with Crippen LogP contribution in [0.2, 0.25) is 0 Å². The first-order valence-corrected chi connectivity index (χ1v) is 12.0. The minimum atomic E-state index is -3.59. The maximum Gasteiger partial charge on any atom is 0.255 e. The van der Waals surface area contributed by atoms with Gasteiger partial charge in [-0.05, 0) is 55.3 Å². The summed E-state index contributed by atoms with van der Waals surface area (Å²) in [6.45, 7) is 4.91. The van der Waals surface area contributed by atoms with Gasteiger partial charge in [-0.1, -0.05) is 31.5 Å². The molecule has 28 heavy (non-hydrogen) atoms.